The van der Waals surface area contributed by atoms with Crippen molar-refractivity contribution >= 4 is 23.4 Å². The second-order valence-electron chi connectivity index (χ2n) is 5.50. The number of ether oxygens (including phenoxy) is 1. The molecule has 7 heteroatoms. The Kier molecular flexibility index (Phi) is 6.27. The second-order valence-corrected chi connectivity index (χ2v) is 6.55. The molecule has 0 bridgehead atoms. The standard InChI is InChI=1S/C19H19N3O3S/c1-24-16-9-7-15(8-10-16)20-17(23)11-12-26-19-22-21-18(25-19)13-14-5-3-2-4-6-14/h2-10H,11-13H2,1H3,(H,20,23). The van der Waals surface area contributed by atoms with Crippen molar-refractivity contribution in [2.45, 2.75) is 18.1 Å². The maximum atomic E-state index is 12.0. The van der Waals surface area contributed by atoms with E-state index in [1.807, 2.05) is 30.3 Å². The molecule has 1 aromatic heterocycles. The molecule has 1 amide bonds. The molecule has 1 heterocycles. The molecule has 0 saturated heterocycles. The van der Waals surface area contributed by atoms with Crippen LogP contribution in [0.2, 0.25) is 0 Å². The molecule has 3 aromatic rings. The molecule has 0 aliphatic heterocycles. The van der Waals surface area contributed by atoms with Crippen LogP contribution < -0.4 is 10.1 Å². The van der Waals surface area contributed by atoms with Crippen molar-refractivity contribution in [3.8, 4) is 5.75 Å². The summed E-state index contributed by atoms with van der Waals surface area (Å²) in [6.07, 6.45) is 0.958. The number of nitrogens with zero attached hydrogens (tertiary/aromatic N) is 2. The summed E-state index contributed by atoms with van der Waals surface area (Å²) < 4.78 is 10.7. The van der Waals surface area contributed by atoms with Crippen LogP contribution in [0.25, 0.3) is 0 Å². The molecule has 0 radical (unpaired) electrons. The van der Waals surface area contributed by atoms with Gasteiger partial charge in [-0.25, -0.2) is 0 Å². The number of carbonyl (C=O) groups excluding carboxylic acids is 1. The maximum Gasteiger partial charge on any atom is 0.276 e. The summed E-state index contributed by atoms with van der Waals surface area (Å²) in [6.45, 7) is 0. The Morgan fingerprint density at radius 2 is 1.88 bits per heavy atom. The van der Waals surface area contributed by atoms with Gasteiger partial charge >= 0.3 is 0 Å². The summed E-state index contributed by atoms with van der Waals surface area (Å²) in [6, 6.07) is 17.2. The van der Waals surface area contributed by atoms with Crippen LogP contribution in [0.3, 0.4) is 0 Å². The Morgan fingerprint density at radius 1 is 1.12 bits per heavy atom. The summed E-state index contributed by atoms with van der Waals surface area (Å²) in [5.41, 5.74) is 1.86. The number of hydrogen-bond donors (Lipinski definition) is 1. The first-order valence-corrected chi connectivity index (χ1v) is 9.14. The fourth-order valence-corrected chi connectivity index (χ4v) is 2.98. The van der Waals surface area contributed by atoms with E-state index in [2.05, 4.69) is 15.5 Å². The second kappa shape index (κ2) is 9.05. The number of methoxy groups -OCH3 is 1. The lowest BCUT2D eigenvalue weighted by atomic mass is 10.2. The van der Waals surface area contributed by atoms with Gasteiger partial charge in [0.15, 0.2) is 0 Å². The number of benzene rings is 2. The number of thioether (sulfide) groups is 1. The van der Waals surface area contributed by atoms with Crippen molar-refractivity contribution in [2.75, 3.05) is 18.2 Å². The van der Waals surface area contributed by atoms with Gasteiger partial charge in [-0.3, -0.25) is 4.79 Å². The summed E-state index contributed by atoms with van der Waals surface area (Å²) in [5.74, 6) is 1.82. The van der Waals surface area contributed by atoms with Gasteiger partial charge in [0.25, 0.3) is 5.22 Å². The molecule has 0 spiro atoms. The first kappa shape index (κ1) is 18.0. The molecular formula is C19H19N3O3S. The van der Waals surface area contributed by atoms with Crippen molar-refractivity contribution in [2.24, 2.45) is 0 Å². The third-order valence-electron chi connectivity index (χ3n) is 3.57. The Morgan fingerprint density at radius 3 is 2.62 bits per heavy atom. The summed E-state index contributed by atoms with van der Waals surface area (Å²) in [5, 5.41) is 11.4. The lowest BCUT2D eigenvalue weighted by Gasteiger charge is -2.05. The fraction of sp³-hybridized carbons (Fsp3) is 0.211. The van der Waals surface area contributed by atoms with Gasteiger partial charge in [-0.15, -0.1) is 10.2 Å². The summed E-state index contributed by atoms with van der Waals surface area (Å²) in [4.78, 5) is 12.0. The average molecular weight is 369 g/mol. The molecule has 0 aliphatic rings. The van der Waals surface area contributed by atoms with Gasteiger partial charge in [-0.1, -0.05) is 42.1 Å². The van der Waals surface area contributed by atoms with E-state index in [1.54, 1.807) is 31.4 Å². The molecule has 0 fully saturated rings. The zero-order valence-corrected chi connectivity index (χ0v) is 15.2. The van der Waals surface area contributed by atoms with Crippen molar-refractivity contribution < 1.29 is 13.9 Å². The SMILES string of the molecule is COc1ccc(NC(=O)CCSc2nnc(Cc3ccccc3)o2)cc1. The van der Waals surface area contributed by atoms with Crippen LogP contribution in [0.1, 0.15) is 17.9 Å². The Bertz CT molecular complexity index is 835. The molecule has 26 heavy (non-hydrogen) atoms. The number of amides is 1. The van der Waals surface area contributed by atoms with Crippen LogP contribution in [0.15, 0.2) is 64.2 Å². The zero-order chi connectivity index (χ0) is 18.2. The molecule has 0 aliphatic carbocycles. The molecule has 134 valence electrons. The van der Waals surface area contributed by atoms with Gasteiger partial charge in [0.1, 0.15) is 5.75 Å². The van der Waals surface area contributed by atoms with E-state index in [0.29, 0.717) is 29.7 Å². The minimum absolute atomic E-state index is 0.0632. The van der Waals surface area contributed by atoms with Crippen LogP contribution in [0.5, 0.6) is 5.75 Å². The molecule has 0 unspecified atom stereocenters. The molecule has 6 nitrogen and oxygen atoms in total. The molecule has 3 rings (SSSR count). The van der Waals surface area contributed by atoms with Crippen LogP contribution in [-0.4, -0.2) is 29.0 Å². The summed E-state index contributed by atoms with van der Waals surface area (Å²) >= 11 is 1.38. The highest BCUT2D eigenvalue weighted by molar-refractivity contribution is 7.99. The van der Waals surface area contributed by atoms with Gasteiger partial charge in [0, 0.05) is 17.9 Å². The summed E-state index contributed by atoms with van der Waals surface area (Å²) in [7, 11) is 1.60. The molecule has 0 atom stereocenters. The number of aromatic nitrogens is 2. The third-order valence-corrected chi connectivity index (χ3v) is 4.40. The third kappa shape index (κ3) is 5.35. The normalized spacial score (nSPS) is 10.5. The van der Waals surface area contributed by atoms with Gasteiger partial charge in [-0.2, -0.15) is 0 Å². The number of rotatable bonds is 8. The largest absolute Gasteiger partial charge is 0.497 e. The first-order chi connectivity index (χ1) is 12.7. The Labute approximate surface area is 156 Å². The fourth-order valence-electron chi connectivity index (χ4n) is 2.27. The van der Waals surface area contributed by atoms with Gasteiger partial charge in [0.05, 0.1) is 13.5 Å². The number of hydrogen-bond acceptors (Lipinski definition) is 6. The van der Waals surface area contributed by atoms with E-state index in [0.717, 1.165) is 17.0 Å². The topological polar surface area (TPSA) is 77.2 Å². The van der Waals surface area contributed by atoms with E-state index in [-0.39, 0.29) is 5.91 Å². The van der Waals surface area contributed by atoms with Crippen LogP contribution >= 0.6 is 11.8 Å². The molecule has 0 saturated carbocycles. The first-order valence-electron chi connectivity index (χ1n) is 8.16. The van der Waals surface area contributed by atoms with Crippen molar-refractivity contribution in [1.82, 2.24) is 10.2 Å². The van der Waals surface area contributed by atoms with Gasteiger partial charge < -0.3 is 14.5 Å². The molecule has 2 aromatic carbocycles. The highest BCUT2D eigenvalue weighted by Crippen LogP contribution is 2.19. The predicted molar refractivity (Wildman–Crippen MR) is 101 cm³/mol. The molecular weight excluding hydrogens is 350 g/mol. The average Bonchev–Trinajstić information content (AvgIpc) is 3.10. The molecule has 1 N–H and O–H groups in total. The van der Waals surface area contributed by atoms with E-state index in [4.69, 9.17) is 9.15 Å². The van der Waals surface area contributed by atoms with E-state index >= 15 is 0 Å². The number of anilines is 1. The smallest absolute Gasteiger partial charge is 0.276 e. The number of nitrogens with one attached hydrogen (secondary N) is 1. The zero-order valence-electron chi connectivity index (χ0n) is 14.3. The van der Waals surface area contributed by atoms with E-state index in [9.17, 15) is 4.79 Å². The lowest BCUT2D eigenvalue weighted by Crippen LogP contribution is -2.12. The minimum atomic E-state index is -0.0632. The van der Waals surface area contributed by atoms with E-state index in [1.165, 1.54) is 11.8 Å². The highest BCUT2D eigenvalue weighted by Gasteiger charge is 2.09. The highest BCUT2D eigenvalue weighted by atomic mass is 32.2. The monoisotopic (exact) mass is 369 g/mol. The van der Waals surface area contributed by atoms with Gasteiger partial charge in [-0.05, 0) is 29.8 Å². The quantitative estimate of drug-likeness (QED) is 0.609. The number of carbonyl (C=O) groups is 1. The van der Waals surface area contributed by atoms with Crippen LogP contribution in [-0.2, 0) is 11.2 Å². The Balaban J connectivity index is 1.42. The van der Waals surface area contributed by atoms with Crippen molar-refractivity contribution in [3.05, 3.63) is 66.1 Å². The maximum absolute atomic E-state index is 12.0. The lowest BCUT2D eigenvalue weighted by molar-refractivity contribution is -0.115. The van der Waals surface area contributed by atoms with Crippen molar-refractivity contribution in [1.29, 1.82) is 0 Å². The van der Waals surface area contributed by atoms with Crippen LogP contribution in [0, 0.1) is 0 Å². The van der Waals surface area contributed by atoms with Crippen molar-refractivity contribution in [3.63, 3.8) is 0 Å². The van der Waals surface area contributed by atoms with Crippen LogP contribution in [0.4, 0.5) is 5.69 Å². The predicted octanol–water partition coefficient (Wildman–Crippen LogP) is 3.79. The van der Waals surface area contributed by atoms with E-state index < -0.39 is 0 Å². The minimum Gasteiger partial charge on any atom is -0.497 e. The Hall–Kier alpha value is -2.80. The van der Waals surface area contributed by atoms with Gasteiger partial charge in [0.2, 0.25) is 11.8 Å².